The van der Waals surface area contributed by atoms with Crippen molar-refractivity contribution in [3.05, 3.63) is 93.9 Å². The quantitative estimate of drug-likeness (QED) is 0.170. The van der Waals surface area contributed by atoms with Crippen molar-refractivity contribution in [3.63, 3.8) is 0 Å². The smallest absolute Gasteiger partial charge is 0.423 e. The monoisotopic (exact) mass is 816 g/mol. The van der Waals surface area contributed by atoms with E-state index < -0.39 is 59.0 Å². The third kappa shape index (κ3) is 7.48. The second-order valence-electron chi connectivity index (χ2n) is 14.5. The highest BCUT2D eigenvalue weighted by Gasteiger charge is 2.45. The van der Waals surface area contributed by atoms with Crippen molar-refractivity contribution in [1.29, 1.82) is 0 Å². The number of anilines is 3. The van der Waals surface area contributed by atoms with Gasteiger partial charge in [0, 0.05) is 70.7 Å². The number of rotatable bonds is 10. The minimum Gasteiger partial charge on any atom is -0.495 e. The third-order valence-electron chi connectivity index (χ3n) is 10.8. The lowest BCUT2D eigenvalue weighted by atomic mass is 10.0. The SMILES string of the molecule is COc1cc(CCN2CCN(c3ccc4c(c3)C(=O)N(C3CCC(=O)NC3=O)C4=O)CC2)c(F)cc1Nc1ncc(C(F)(F)F)c(Oc2cccc3c2C(=O)N(C)C3)n1. The van der Waals surface area contributed by atoms with Gasteiger partial charge in [-0.1, -0.05) is 12.1 Å². The van der Waals surface area contributed by atoms with E-state index in [0.29, 0.717) is 56.5 Å². The fourth-order valence-electron chi connectivity index (χ4n) is 7.70. The Morgan fingerprint density at radius 3 is 2.42 bits per heavy atom. The molecule has 2 saturated heterocycles. The summed E-state index contributed by atoms with van der Waals surface area (Å²) in [5.74, 6) is -4.37. The number of aromatic nitrogens is 2. The summed E-state index contributed by atoms with van der Waals surface area (Å²) in [6.45, 7) is 3.13. The Hall–Kier alpha value is -6.63. The Labute approximate surface area is 333 Å². The molecular weight excluding hydrogens is 780 g/mol. The third-order valence-corrected chi connectivity index (χ3v) is 10.8. The zero-order valence-corrected chi connectivity index (χ0v) is 31.7. The average Bonchev–Trinajstić information content (AvgIpc) is 3.64. The van der Waals surface area contributed by atoms with Crippen LogP contribution in [-0.4, -0.2) is 107 Å². The first-order chi connectivity index (χ1) is 28.2. The minimum absolute atomic E-state index is 0.0298. The van der Waals surface area contributed by atoms with Crippen molar-refractivity contribution in [2.75, 3.05) is 57.1 Å². The van der Waals surface area contributed by atoms with Gasteiger partial charge in [0.25, 0.3) is 17.7 Å². The number of amides is 5. The summed E-state index contributed by atoms with van der Waals surface area (Å²) in [6.07, 6.45) is -3.95. The van der Waals surface area contributed by atoms with E-state index in [0.717, 1.165) is 16.7 Å². The number of nitrogens with zero attached hydrogens (tertiary/aromatic N) is 6. The van der Waals surface area contributed by atoms with E-state index in [4.69, 9.17) is 9.47 Å². The van der Waals surface area contributed by atoms with E-state index in [1.807, 2.05) is 0 Å². The number of imide groups is 2. The molecule has 15 nitrogen and oxygen atoms in total. The molecule has 2 N–H and O–H groups in total. The number of carbonyl (C=O) groups excluding carboxylic acids is 5. The van der Waals surface area contributed by atoms with E-state index in [9.17, 15) is 37.1 Å². The highest BCUT2D eigenvalue weighted by Crippen LogP contribution is 2.40. The second kappa shape index (κ2) is 15.3. The first-order valence-electron chi connectivity index (χ1n) is 18.7. The van der Waals surface area contributed by atoms with Crippen molar-refractivity contribution in [1.82, 2.24) is 30.0 Å². The van der Waals surface area contributed by atoms with Gasteiger partial charge in [-0.05, 0) is 54.3 Å². The lowest BCUT2D eigenvalue weighted by molar-refractivity contribution is -0.139. The predicted octanol–water partition coefficient (Wildman–Crippen LogP) is 4.53. The van der Waals surface area contributed by atoms with Crippen molar-refractivity contribution < 1.29 is 51.0 Å². The summed E-state index contributed by atoms with van der Waals surface area (Å²) in [6, 6.07) is 11.2. The van der Waals surface area contributed by atoms with Crippen molar-refractivity contribution in [2.24, 2.45) is 0 Å². The molecule has 0 aliphatic carbocycles. The van der Waals surface area contributed by atoms with Crippen LogP contribution in [0.15, 0.2) is 54.7 Å². The Morgan fingerprint density at radius 2 is 1.69 bits per heavy atom. The number of nitrogens with one attached hydrogen (secondary N) is 2. The lowest BCUT2D eigenvalue weighted by Gasteiger charge is -2.36. The van der Waals surface area contributed by atoms with E-state index in [1.165, 1.54) is 24.1 Å². The van der Waals surface area contributed by atoms with Gasteiger partial charge in [-0.3, -0.25) is 39.1 Å². The molecule has 4 aromatic rings. The van der Waals surface area contributed by atoms with Crippen LogP contribution in [0, 0.1) is 5.82 Å². The number of carbonyl (C=O) groups is 5. The summed E-state index contributed by atoms with van der Waals surface area (Å²) < 4.78 is 68.8. The zero-order chi connectivity index (χ0) is 41.7. The Kier molecular flexibility index (Phi) is 10.2. The fourth-order valence-corrected chi connectivity index (χ4v) is 7.70. The fraction of sp³-hybridized carbons (Fsp3) is 0.325. The molecule has 3 aromatic carbocycles. The van der Waals surface area contributed by atoms with Crippen LogP contribution < -0.4 is 25.0 Å². The normalized spacial score (nSPS) is 18.3. The van der Waals surface area contributed by atoms with Crippen LogP contribution in [0.5, 0.6) is 17.4 Å². The summed E-state index contributed by atoms with van der Waals surface area (Å²) >= 11 is 0. The molecule has 5 heterocycles. The Morgan fingerprint density at radius 1 is 0.932 bits per heavy atom. The maximum absolute atomic E-state index is 15.6. The average molecular weight is 817 g/mol. The molecule has 5 amide bonds. The van der Waals surface area contributed by atoms with Gasteiger partial charge in [-0.15, -0.1) is 0 Å². The van der Waals surface area contributed by atoms with Crippen LogP contribution in [0.25, 0.3) is 0 Å². The first kappa shape index (κ1) is 39.2. The van der Waals surface area contributed by atoms with Gasteiger partial charge < -0.3 is 24.6 Å². The molecule has 0 spiro atoms. The topological polar surface area (TPSA) is 167 Å². The molecule has 8 rings (SSSR count). The molecule has 1 atom stereocenters. The summed E-state index contributed by atoms with van der Waals surface area (Å²) in [7, 11) is 2.93. The van der Waals surface area contributed by atoms with Gasteiger partial charge in [0.15, 0.2) is 0 Å². The van der Waals surface area contributed by atoms with Gasteiger partial charge in [0.2, 0.25) is 23.6 Å². The van der Waals surface area contributed by atoms with Crippen molar-refractivity contribution in [2.45, 2.75) is 38.0 Å². The predicted molar refractivity (Wildman–Crippen MR) is 201 cm³/mol. The Bertz CT molecular complexity index is 2420. The first-order valence-corrected chi connectivity index (χ1v) is 18.7. The maximum Gasteiger partial charge on any atom is 0.423 e. The molecule has 2 fully saturated rings. The molecule has 4 aliphatic heterocycles. The summed E-state index contributed by atoms with van der Waals surface area (Å²) in [4.78, 5) is 77.5. The second-order valence-corrected chi connectivity index (χ2v) is 14.5. The number of piperazine rings is 1. The zero-order valence-electron chi connectivity index (χ0n) is 31.7. The highest BCUT2D eigenvalue weighted by molar-refractivity contribution is 6.23. The number of piperidine rings is 1. The standard InChI is InChI=1S/C40H36F4N8O7/c1-49-20-22-4-3-5-30(33(22)38(49)57)59-35-26(40(42,43)44)19-45-39(48-35)46-28-18-27(41)21(16-31(28)58-2)10-11-50-12-14-51(15-13-50)23-6-7-24-25(17-23)37(56)52(36(24)55)29-8-9-32(53)47-34(29)54/h3-7,16-19,29H,8-15,20H2,1-2H3,(H,45,46,48)(H,47,53,54). The summed E-state index contributed by atoms with van der Waals surface area (Å²) in [5, 5.41) is 4.93. The van der Waals surface area contributed by atoms with E-state index >= 15 is 4.39 Å². The van der Waals surface area contributed by atoms with Crippen LogP contribution in [0.2, 0.25) is 0 Å². The van der Waals surface area contributed by atoms with Crippen LogP contribution in [0.3, 0.4) is 0 Å². The largest absolute Gasteiger partial charge is 0.495 e. The number of halogens is 4. The Balaban J connectivity index is 0.910. The summed E-state index contributed by atoms with van der Waals surface area (Å²) in [5.41, 5.74) is 0.971. The molecule has 0 saturated carbocycles. The lowest BCUT2D eigenvalue weighted by Crippen LogP contribution is -2.54. The van der Waals surface area contributed by atoms with Crippen molar-refractivity contribution >= 4 is 46.9 Å². The number of hydrogen-bond acceptors (Lipinski definition) is 12. The molecule has 19 heteroatoms. The van der Waals surface area contributed by atoms with E-state index in [1.54, 1.807) is 37.4 Å². The van der Waals surface area contributed by atoms with Crippen LogP contribution >= 0.6 is 0 Å². The van der Waals surface area contributed by atoms with Gasteiger partial charge >= 0.3 is 6.18 Å². The number of methoxy groups -OCH3 is 1. The van der Waals surface area contributed by atoms with E-state index in [-0.39, 0.29) is 59.2 Å². The number of benzene rings is 3. The molecular formula is C40H36F4N8O7. The molecule has 0 radical (unpaired) electrons. The van der Waals surface area contributed by atoms with Crippen molar-refractivity contribution in [3.8, 4) is 17.4 Å². The van der Waals surface area contributed by atoms with Gasteiger partial charge in [0.1, 0.15) is 28.9 Å². The maximum atomic E-state index is 15.6. The van der Waals surface area contributed by atoms with Gasteiger partial charge in [0.05, 0.1) is 29.5 Å². The number of fused-ring (bicyclic) bond motifs is 2. The molecule has 0 bridgehead atoms. The van der Waals surface area contributed by atoms with Gasteiger partial charge in [-0.2, -0.15) is 18.2 Å². The number of ether oxygens (including phenoxy) is 2. The molecule has 1 unspecified atom stereocenters. The minimum atomic E-state index is -4.89. The highest BCUT2D eigenvalue weighted by atomic mass is 19.4. The van der Waals surface area contributed by atoms with Crippen LogP contribution in [0.1, 0.15) is 60.6 Å². The number of alkyl halides is 3. The molecule has 306 valence electrons. The number of hydrogen-bond donors (Lipinski definition) is 2. The van der Waals surface area contributed by atoms with Gasteiger partial charge in [-0.25, -0.2) is 9.37 Å². The molecule has 4 aliphatic rings. The molecule has 59 heavy (non-hydrogen) atoms. The van der Waals surface area contributed by atoms with E-state index in [2.05, 4.69) is 30.4 Å². The molecule has 1 aromatic heterocycles. The van der Waals surface area contributed by atoms with Crippen LogP contribution in [0.4, 0.5) is 34.9 Å². The van der Waals surface area contributed by atoms with Crippen LogP contribution in [-0.2, 0) is 28.7 Å².